The van der Waals surface area contributed by atoms with Gasteiger partial charge in [0, 0.05) is 145 Å². The predicted molar refractivity (Wildman–Crippen MR) is 449 cm³/mol. The number of carbonyl (C=O) groups excluding carboxylic acids is 2. The number of ether oxygens (including phenoxy) is 12. The summed E-state index contributed by atoms with van der Waals surface area (Å²) in [6.07, 6.45) is 16.1. The Labute approximate surface area is 669 Å². The maximum absolute atomic E-state index is 13.5. The number of benzene rings is 2. The third kappa shape index (κ3) is 25.8. The van der Waals surface area contributed by atoms with Gasteiger partial charge in [-0.05, 0) is 116 Å². The second-order valence-corrected chi connectivity index (χ2v) is 57.0. The topological polar surface area (TPSA) is 247 Å². The van der Waals surface area contributed by atoms with Gasteiger partial charge in [-0.2, -0.15) is 29.4 Å². The molecule has 2 aromatic carbocycles. The number of para-hydroxylation sites is 2. The van der Waals surface area contributed by atoms with E-state index in [1.807, 2.05) is 116 Å². The van der Waals surface area contributed by atoms with Crippen LogP contribution in [0.2, 0.25) is 103 Å². The Bertz CT molecular complexity index is 4100. The molecule has 10 rings (SSSR count). The quantitative estimate of drug-likeness (QED) is 0.0149. The average Bonchev–Trinajstić information content (AvgIpc) is 1.63. The monoisotopic (exact) mass is 1670 g/mol. The Hall–Kier alpha value is -6.41. The van der Waals surface area contributed by atoms with E-state index < -0.39 is 43.5 Å². The van der Waals surface area contributed by atoms with Crippen LogP contribution in [0.25, 0.3) is 44.9 Å². The molecule has 26 nitrogen and oxygen atoms in total. The summed E-state index contributed by atoms with van der Waals surface area (Å²) >= 11 is 4.04. The summed E-state index contributed by atoms with van der Waals surface area (Å²) in [6, 6.07) is 26.4. The molecule has 111 heavy (non-hydrogen) atoms. The predicted octanol–water partition coefficient (Wildman–Crippen LogP) is 15.3. The number of rotatable bonds is 44. The lowest BCUT2D eigenvalue weighted by Crippen LogP contribution is -2.46. The number of carbonyl (C=O) groups is 2. The smallest absolute Gasteiger partial charge is 0.338 e. The first-order valence-electron chi connectivity index (χ1n) is 39.1. The third-order valence-electron chi connectivity index (χ3n) is 20.0. The molecule has 2 aliphatic carbocycles. The van der Waals surface area contributed by atoms with Gasteiger partial charge in [0.15, 0.2) is 28.3 Å². The zero-order valence-electron chi connectivity index (χ0n) is 68.7. The summed E-state index contributed by atoms with van der Waals surface area (Å²) in [7, 11) is 1.19. The van der Waals surface area contributed by atoms with E-state index in [0.29, 0.717) is 150 Å². The minimum Gasteiger partial charge on any atom is -0.461 e. The molecular weight excluding hydrogens is 1550 g/mol. The summed E-state index contributed by atoms with van der Waals surface area (Å²) in [5, 5.41) is 19.2. The van der Waals surface area contributed by atoms with Crippen LogP contribution in [0.5, 0.6) is 0 Å². The first kappa shape index (κ1) is 88.5. The van der Waals surface area contributed by atoms with Crippen LogP contribution in [0.4, 0.5) is 11.6 Å². The number of hydrogen-bond donors (Lipinski definition) is 0. The number of halogens is 1. The SMILES string of the molecule is COCCOC(=O)C1(OCCOC)CCC(c2cc(N(COCC[Si](C)(C)C)COCC[Si](C)(C)C)n3ncc(-c4cnn(-c5ccccc5)c4)c3n2)CC1.COCCOC(=O)C1(OCCOC)CCC(c2nc3c(-c4cnn(-c5ccccc5)c4)cnn3c(N(COCC[Si](C)(C)C)COCC[Si](C)(C)C)c2Br)CC1. The van der Waals surface area contributed by atoms with Gasteiger partial charge in [0.25, 0.3) is 0 Å². The van der Waals surface area contributed by atoms with Crippen molar-refractivity contribution in [1.82, 2.24) is 48.8 Å². The van der Waals surface area contributed by atoms with Crippen molar-refractivity contribution in [2.24, 2.45) is 0 Å². The molecule has 0 atom stereocenters. The summed E-state index contributed by atoms with van der Waals surface area (Å²) in [4.78, 5) is 42.0. The maximum Gasteiger partial charge on any atom is 0.338 e. The molecule has 2 aliphatic rings. The highest BCUT2D eigenvalue weighted by Gasteiger charge is 2.47. The summed E-state index contributed by atoms with van der Waals surface area (Å²) in [5.41, 5.74) is 6.58. The second kappa shape index (κ2) is 41.8. The van der Waals surface area contributed by atoms with Crippen LogP contribution < -0.4 is 9.80 Å². The van der Waals surface area contributed by atoms with E-state index in [1.165, 1.54) is 0 Å². The van der Waals surface area contributed by atoms with E-state index in [2.05, 4.69) is 121 Å². The van der Waals surface area contributed by atoms with Gasteiger partial charge in [-0.25, -0.2) is 28.9 Å². The molecule has 0 spiro atoms. The fraction of sp³-hybridized carbons (Fsp3) is 0.600. The molecule has 31 heteroatoms. The van der Waals surface area contributed by atoms with Crippen LogP contribution >= 0.6 is 15.9 Å². The highest BCUT2D eigenvalue weighted by Crippen LogP contribution is 2.46. The molecular formula is C80H123BrN12O14Si4. The second-order valence-electron chi connectivity index (χ2n) is 33.7. The highest BCUT2D eigenvalue weighted by atomic mass is 79.9. The van der Waals surface area contributed by atoms with E-state index in [4.69, 9.17) is 77.0 Å². The number of nitrogens with zero attached hydrogens (tertiary/aromatic N) is 12. The number of methoxy groups -OCH3 is 4. The molecule has 0 saturated heterocycles. The van der Waals surface area contributed by atoms with Gasteiger partial charge in [-0.3, -0.25) is 0 Å². The van der Waals surface area contributed by atoms with Crippen LogP contribution in [0.3, 0.4) is 0 Å². The molecule has 0 aliphatic heterocycles. The molecule has 6 aromatic heterocycles. The van der Waals surface area contributed by atoms with E-state index in [-0.39, 0.29) is 37.0 Å². The van der Waals surface area contributed by atoms with Crippen LogP contribution in [0.1, 0.15) is 74.6 Å². The van der Waals surface area contributed by atoms with Crippen molar-refractivity contribution in [3.63, 3.8) is 0 Å². The zero-order chi connectivity index (χ0) is 79.8. The van der Waals surface area contributed by atoms with Crippen molar-refractivity contribution < 1.29 is 66.4 Å². The average molecular weight is 1670 g/mol. The molecule has 610 valence electrons. The fourth-order valence-corrected chi connectivity index (χ4v) is 17.0. The van der Waals surface area contributed by atoms with E-state index >= 15 is 0 Å². The molecule has 0 unspecified atom stereocenters. The van der Waals surface area contributed by atoms with Gasteiger partial charge >= 0.3 is 11.9 Å². The number of fused-ring (bicyclic) bond motifs is 2. The standard InChI is InChI=1S/C40H61BrN6O7Si2.C40H62N6O7Si2/c1-49-18-20-53-39(48)40(54-21-19-50-2)16-14-31(15-17-40)36-35(41)38(45(29-51-22-24-55(3,4)5)30-52-23-25-56(6,7)8)47-37(44-36)34(27-43-47)32-26-42-46(28-32)33-12-10-9-11-13-33;1-48-18-20-52-39(47)40(53-21-19-49-2)16-14-32(15-17-40)36-26-37(44(30-50-22-24-54(3,4)5)31-51-23-25-55(6,7)8)46-38(43-36)35(28-42-46)33-27-41-45(29-33)34-12-10-9-11-13-34/h9-13,26-28,31H,14-25,29-30H2,1-8H3;9-13,26-29,32H,14-25,30-31H2,1-8H3. The van der Waals surface area contributed by atoms with Gasteiger partial charge < -0.3 is 66.6 Å². The Morgan fingerprint density at radius 1 is 0.459 bits per heavy atom. The van der Waals surface area contributed by atoms with Crippen LogP contribution in [0, 0.1) is 0 Å². The van der Waals surface area contributed by atoms with Crippen molar-refractivity contribution in [1.29, 1.82) is 0 Å². The summed E-state index contributed by atoms with van der Waals surface area (Å²) in [6.45, 7) is 34.7. The maximum atomic E-state index is 13.5. The van der Waals surface area contributed by atoms with E-state index in [9.17, 15) is 9.59 Å². The lowest BCUT2D eigenvalue weighted by Gasteiger charge is -2.38. The fourth-order valence-electron chi connectivity index (χ4n) is 13.1. The number of hydrogen-bond acceptors (Lipinski definition) is 22. The van der Waals surface area contributed by atoms with Crippen molar-refractivity contribution in [2.75, 3.05) is 144 Å². The van der Waals surface area contributed by atoms with E-state index in [0.717, 1.165) is 90.9 Å². The first-order valence-corrected chi connectivity index (χ1v) is 54.8. The highest BCUT2D eigenvalue weighted by molar-refractivity contribution is 9.10. The number of aromatic nitrogens is 10. The number of anilines is 2. The van der Waals surface area contributed by atoms with Crippen LogP contribution in [-0.2, 0) is 66.4 Å². The van der Waals surface area contributed by atoms with Crippen molar-refractivity contribution in [3.05, 3.63) is 120 Å². The third-order valence-corrected chi connectivity index (χ3v) is 27.6. The molecule has 8 aromatic rings. The van der Waals surface area contributed by atoms with Gasteiger partial charge in [0.1, 0.15) is 46.0 Å². The molecule has 0 N–H and O–H groups in total. The lowest BCUT2D eigenvalue weighted by molar-refractivity contribution is -0.181. The largest absolute Gasteiger partial charge is 0.461 e. The van der Waals surface area contributed by atoms with Gasteiger partial charge in [-0.15, -0.1) is 0 Å². The van der Waals surface area contributed by atoms with E-state index in [1.54, 1.807) is 28.4 Å². The summed E-state index contributed by atoms with van der Waals surface area (Å²) in [5.74, 6) is 1.00. The molecule has 2 fully saturated rings. The van der Waals surface area contributed by atoms with Gasteiger partial charge in [-0.1, -0.05) is 115 Å². The van der Waals surface area contributed by atoms with Crippen molar-refractivity contribution >= 4 is 83.1 Å². The minimum absolute atomic E-state index is 0.0105. The van der Waals surface area contributed by atoms with Gasteiger partial charge in [0.05, 0.1) is 86.0 Å². The zero-order valence-corrected chi connectivity index (χ0v) is 74.3. The summed E-state index contributed by atoms with van der Waals surface area (Å²) < 4.78 is 78.5. The van der Waals surface area contributed by atoms with Crippen LogP contribution in [-0.4, -0.2) is 239 Å². The van der Waals surface area contributed by atoms with Crippen LogP contribution in [0.15, 0.2) is 108 Å². The lowest BCUT2D eigenvalue weighted by atomic mass is 9.77. The molecule has 0 bridgehead atoms. The number of esters is 2. The molecule has 0 radical (unpaired) electrons. The Morgan fingerprint density at radius 2 is 0.838 bits per heavy atom. The van der Waals surface area contributed by atoms with Crippen molar-refractivity contribution in [3.8, 4) is 33.6 Å². The Morgan fingerprint density at radius 3 is 1.24 bits per heavy atom. The Kier molecular flexibility index (Phi) is 33.3. The molecule has 0 amide bonds. The van der Waals surface area contributed by atoms with Gasteiger partial charge in [0.2, 0.25) is 0 Å². The normalized spacial score (nSPS) is 17.8. The minimum atomic E-state index is -1.32. The first-order chi connectivity index (χ1) is 53.1. The molecule has 6 heterocycles. The van der Waals surface area contributed by atoms with Crippen molar-refractivity contribution in [2.45, 2.75) is 177 Å². The Balaban J connectivity index is 0.000000255. The molecule has 2 saturated carbocycles.